The number of thiophene rings is 1. The second-order valence-electron chi connectivity index (χ2n) is 6.83. The van der Waals surface area contributed by atoms with Crippen molar-refractivity contribution in [1.29, 1.82) is 0 Å². The first kappa shape index (κ1) is 18.3. The summed E-state index contributed by atoms with van der Waals surface area (Å²) in [5.74, 6) is -0.239. The van der Waals surface area contributed by atoms with Gasteiger partial charge in [-0.1, -0.05) is 6.42 Å². The Bertz CT molecular complexity index is 1050. The standard InChI is InChI=1S/C18H21N5O2S2/c1-11-13-16(19-10-22(2)17(13)25)27-14(11)15(24)21-18-20-12(9-26-18)8-23-6-4-3-5-7-23/h9-10H,3-8H2,1-2H3,(H,20,21,24). The number of likely N-dealkylation sites (tertiary alicyclic amines) is 1. The Labute approximate surface area is 164 Å². The van der Waals surface area contributed by atoms with E-state index in [0.29, 0.717) is 25.8 Å². The first-order valence-electron chi connectivity index (χ1n) is 8.96. The Balaban J connectivity index is 1.51. The minimum Gasteiger partial charge on any atom is -0.302 e. The van der Waals surface area contributed by atoms with Gasteiger partial charge in [-0.15, -0.1) is 22.7 Å². The predicted molar refractivity (Wildman–Crippen MR) is 109 cm³/mol. The summed E-state index contributed by atoms with van der Waals surface area (Å²) in [5.41, 5.74) is 1.53. The van der Waals surface area contributed by atoms with Crippen molar-refractivity contribution in [1.82, 2.24) is 19.4 Å². The third-order valence-corrected chi connectivity index (χ3v) is 6.83. The molecule has 9 heteroatoms. The zero-order valence-electron chi connectivity index (χ0n) is 15.3. The maximum Gasteiger partial charge on any atom is 0.267 e. The van der Waals surface area contributed by atoms with E-state index in [1.807, 2.05) is 5.38 Å². The third-order valence-electron chi connectivity index (χ3n) is 4.82. The van der Waals surface area contributed by atoms with Crippen LogP contribution in [0, 0.1) is 6.92 Å². The molecule has 1 N–H and O–H groups in total. The molecular weight excluding hydrogens is 382 g/mol. The molecule has 142 valence electrons. The molecule has 27 heavy (non-hydrogen) atoms. The van der Waals surface area contributed by atoms with Gasteiger partial charge >= 0.3 is 0 Å². The van der Waals surface area contributed by atoms with Crippen molar-refractivity contribution in [3.8, 4) is 0 Å². The molecule has 0 aromatic carbocycles. The summed E-state index contributed by atoms with van der Waals surface area (Å²) in [6.07, 6.45) is 5.27. The number of aromatic nitrogens is 3. The number of hydrogen-bond donors (Lipinski definition) is 1. The molecule has 0 atom stereocenters. The van der Waals surface area contributed by atoms with Crippen molar-refractivity contribution in [2.75, 3.05) is 18.4 Å². The zero-order chi connectivity index (χ0) is 19.0. The first-order valence-corrected chi connectivity index (χ1v) is 10.7. The van der Waals surface area contributed by atoms with Crippen molar-refractivity contribution in [2.24, 2.45) is 7.05 Å². The molecule has 3 aromatic heterocycles. The number of fused-ring (bicyclic) bond motifs is 1. The molecular formula is C18H21N5O2S2. The molecule has 0 unspecified atom stereocenters. The zero-order valence-corrected chi connectivity index (χ0v) is 17.0. The van der Waals surface area contributed by atoms with Gasteiger partial charge < -0.3 is 4.57 Å². The summed E-state index contributed by atoms with van der Waals surface area (Å²) < 4.78 is 1.43. The molecule has 1 saturated heterocycles. The molecule has 0 aliphatic carbocycles. The van der Waals surface area contributed by atoms with Gasteiger partial charge in [0.05, 0.1) is 22.3 Å². The van der Waals surface area contributed by atoms with Crippen molar-refractivity contribution in [3.63, 3.8) is 0 Å². The summed E-state index contributed by atoms with van der Waals surface area (Å²) in [6.45, 7) is 4.85. The van der Waals surface area contributed by atoms with Gasteiger partial charge in [-0.25, -0.2) is 9.97 Å². The molecule has 7 nitrogen and oxygen atoms in total. The van der Waals surface area contributed by atoms with Crippen LogP contribution in [0.25, 0.3) is 10.2 Å². The molecule has 3 aromatic rings. The van der Waals surface area contributed by atoms with Crippen LogP contribution >= 0.6 is 22.7 Å². The Morgan fingerprint density at radius 1 is 1.30 bits per heavy atom. The average molecular weight is 404 g/mol. The van der Waals surface area contributed by atoms with E-state index in [4.69, 9.17) is 0 Å². The maximum atomic E-state index is 12.7. The number of aryl methyl sites for hydroxylation is 2. The van der Waals surface area contributed by atoms with E-state index in [2.05, 4.69) is 20.2 Å². The van der Waals surface area contributed by atoms with E-state index in [9.17, 15) is 9.59 Å². The van der Waals surface area contributed by atoms with E-state index < -0.39 is 0 Å². The summed E-state index contributed by atoms with van der Waals surface area (Å²) in [7, 11) is 1.66. The van der Waals surface area contributed by atoms with Crippen LogP contribution in [-0.2, 0) is 13.6 Å². The van der Waals surface area contributed by atoms with Crippen molar-refractivity contribution in [3.05, 3.63) is 38.2 Å². The molecule has 1 aliphatic rings. The number of carbonyl (C=O) groups excluding carboxylic acids is 1. The highest BCUT2D eigenvalue weighted by Gasteiger charge is 2.20. The fourth-order valence-electron chi connectivity index (χ4n) is 3.36. The largest absolute Gasteiger partial charge is 0.302 e. The summed E-state index contributed by atoms with van der Waals surface area (Å²) >= 11 is 2.67. The molecule has 0 saturated carbocycles. The molecule has 4 rings (SSSR count). The Kier molecular flexibility index (Phi) is 5.07. The molecule has 0 radical (unpaired) electrons. The second kappa shape index (κ2) is 7.49. The van der Waals surface area contributed by atoms with Crippen LogP contribution in [0.1, 0.15) is 40.2 Å². The number of rotatable bonds is 4. The fraction of sp³-hybridized carbons (Fsp3) is 0.444. The predicted octanol–water partition coefficient (Wildman–Crippen LogP) is 3.00. The Hall–Kier alpha value is -2.10. The highest BCUT2D eigenvalue weighted by molar-refractivity contribution is 7.21. The first-order chi connectivity index (χ1) is 13.0. The topological polar surface area (TPSA) is 80.1 Å². The van der Waals surface area contributed by atoms with Crippen molar-refractivity contribution >= 4 is 43.9 Å². The average Bonchev–Trinajstić information content (AvgIpc) is 3.23. The molecule has 1 fully saturated rings. The Morgan fingerprint density at radius 3 is 2.85 bits per heavy atom. The van der Waals surface area contributed by atoms with Crippen LogP contribution in [0.4, 0.5) is 5.13 Å². The van der Waals surface area contributed by atoms with Crippen LogP contribution in [-0.4, -0.2) is 38.4 Å². The van der Waals surface area contributed by atoms with Crippen LogP contribution < -0.4 is 10.9 Å². The van der Waals surface area contributed by atoms with Crippen LogP contribution in [0.15, 0.2) is 16.5 Å². The minimum absolute atomic E-state index is 0.133. The Morgan fingerprint density at radius 2 is 2.07 bits per heavy atom. The highest BCUT2D eigenvalue weighted by atomic mass is 32.1. The lowest BCUT2D eigenvalue weighted by atomic mass is 10.1. The number of thiazole rings is 1. The molecule has 0 bridgehead atoms. The van der Waals surface area contributed by atoms with E-state index >= 15 is 0 Å². The fourth-order valence-corrected chi connectivity index (χ4v) is 5.09. The van der Waals surface area contributed by atoms with Gasteiger partial charge in [0.2, 0.25) is 0 Å². The second-order valence-corrected chi connectivity index (χ2v) is 8.69. The SMILES string of the molecule is Cc1c(C(=O)Nc2nc(CN3CCCCC3)cs2)sc2ncn(C)c(=O)c12. The van der Waals surface area contributed by atoms with Gasteiger partial charge in [-0.05, 0) is 38.4 Å². The van der Waals surface area contributed by atoms with Gasteiger partial charge in [-0.2, -0.15) is 0 Å². The van der Waals surface area contributed by atoms with E-state index in [-0.39, 0.29) is 11.5 Å². The number of nitrogens with one attached hydrogen (secondary N) is 1. The smallest absolute Gasteiger partial charge is 0.267 e. The molecule has 4 heterocycles. The van der Waals surface area contributed by atoms with E-state index in [1.54, 1.807) is 14.0 Å². The quantitative estimate of drug-likeness (QED) is 0.724. The van der Waals surface area contributed by atoms with Gasteiger partial charge in [0, 0.05) is 19.0 Å². The lowest BCUT2D eigenvalue weighted by Crippen LogP contribution is -2.29. The molecule has 1 aliphatic heterocycles. The van der Waals surface area contributed by atoms with Crippen LogP contribution in [0.2, 0.25) is 0 Å². The number of amides is 1. The number of piperidine rings is 1. The lowest BCUT2D eigenvalue weighted by Gasteiger charge is -2.25. The van der Waals surface area contributed by atoms with Crippen molar-refractivity contribution < 1.29 is 4.79 Å². The molecule has 0 spiro atoms. The summed E-state index contributed by atoms with van der Waals surface area (Å²) in [5, 5.41) is 5.98. The number of nitrogens with zero attached hydrogens (tertiary/aromatic N) is 4. The minimum atomic E-state index is -0.239. The summed E-state index contributed by atoms with van der Waals surface area (Å²) in [6, 6.07) is 0. The maximum absolute atomic E-state index is 12.7. The number of carbonyl (C=O) groups is 1. The summed E-state index contributed by atoms with van der Waals surface area (Å²) in [4.78, 5) is 37.4. The van der Waals surface area contributed by atoms with Gasteiger partial charge in [-0.3, -0.25) is 19.8 Å². The van der Waals surface area contributed by atoms with Crippen LogP contribution in [0.3, 0.4) is 0 Å². The normalized spacial score (nSPS) is 15.3. The molecule has 1 amide bonds. The van der Waals surface area contributed by atoms with Crippen molar-refractivity contribution in [2.45, 2.75) is 32.7 Å². The number of hydrogen-bond acceptors (Lipinski definition) is 7. The monoisotopic (exact) mass is 403 g/mol. The van der Waals surface area contributed by atoms with Crippen LogP contribution in [0.5, 0.6) is 0 Å². The van der Waals surface area contributed by atoms with Gasteiger partial charge in [0.15, 0.2) is 5.13 Å². The van der Waals surface area contributed by atoms with Gasteiger partial charge in [0.25, 0.3) is 11.5 Å². The number of anilines is 1. The van der Waals surface area contributed by atoms with Gasteiger partial charge in [0.1, 0.15) is 4.83 Å². The third kappa shape index (κ3) is 3.67. The van der Waals surface area contributed by atoms with E-state index in [1.165, 1.54) is 52.8 Å². The van der Waals surface area contributed by atoms with E-state index in [0.717, 1.165) is 25.3 Å². The highest BCUT2D eigenvalue weighted by Crippen LogP contribution is 2.28. The lowest BCUT2D eigenvalue weighted by molar-refractivity contribution is 0.103.